The average Bonchev–Trinajstić information content (AvgIpc) is 3.11. The number of hydrogen-bond acceptors (Lipinski definition) is 4. The average molecular weight is 439 g/mol. The number of alkyl carbamates (subject to hydrolysis) is 1. The van der Waals surface area contributed by atoms with Gasteiger partial charge in [0.05, 0.1) is 0 Å². The van der Waals surface area contributed by atoms with Crippen molar-refractivity contribution in [1.29, 1.82) is 0 Å². The molecule has 0 unspecified atom stereocenters. The summed E-state index contributed by atoms with van der Waals surface area (Å²) < 4.78 is 5.47. The number of carboxylic acids is 1. The fraction of sp³-hybridized carbons (Fsp3) is 0.400. The predicted molar refractivity (Wildman–Crippen MR) is 121 cm³/mol. The number of ether oxygens (including phenoxy) is 1. The Bertz CT molecular complexity index is 898. The summed E-state index contributed by atoms with van der Waals surface area (Å²) in [4.78, 5) is 34.4. The molecule has 0 heterocycles. The summed E-state index contributed by atoms with van der Waals surface area (Å²) in [5.41, 5.74) is 4.71. The summed E-state index contributed by atoms with van der Waals surface area (Å²) in [5.74, 6) is -0.843. The molecule has 2 aromatic rings. The van der Waals surface area contributed by atoms with Crippen molar-refractivity contribution < 1.29 is 24.2 Å². The van der Waals surface area contributed by atoms with Crippen LogP contribution in [0.15, 0.2) is 48.5 Å². The number of carbonyl (C=O) groups is 3. The first-order valence-corrected chi connectivity index (χ1v) is 11.1. The Hall–Kier alpha value is -3.35. The van der Waals surface area contributed by atoms with Crippen LogP contribution in [-0.4, -0.2) is 42.8 Å². The highest BCUT2D eigenvalue weighted by Gasteiger charge is 2.28. The van der Waals surface area contributed by atoms with E-state index in [4.69, 9.17) is 9.84 Å². The second-order valence-corrected chi connectivity index (χ2v) is 7.91. The first-order valence-electron chi connectivity index (χ1n) is 11.1. The van der Waals surface area contributed by atoms with Crippen molar-refractivity contribution in [2.24, 2.45) is 0 Å². The van der Waals surface area contributed by atoms with Crippen molar-refractivity contribution in [3.05, 3.63) is 59.7 Å². The van der Waals surface area contributed by atoms with Gasteiger partial charge >= 0.3 is 12.1 Å². The summed E-state index contributed by atoms with van der Waals surface area (Å²) in [6.45, 7) is 1.17. The number of carboxylic acid groups (broad SMARTS) is 1. The molecule has 0 saturated carbocycles. The van der Waals surface area contributed by atoms with Gasteiger partial charge in [-0.05, 0) is 41.5 Å². The Balaban J connectivity index is 1.31. The molecule has 0 bridgehead atoms. The van der Waals surface area contributed by atoms with Crippen LogP contribution in [0.1, 0.15) is 55.6 Å². The third kappa shape index (κ3) is 6.57. The molecule has 2 amide bonds. The minimum Gasteiger partial charge on any atom is -0.481 e. The van der Waals surface area contributed by atoms with Gasteiger partial charge in [-0.1, -0.05) is 55.0 Å². The van der Waals surface area contributed by atoms with Gasteiger partial charge in [0.1, 0.15) is 6.61 Å². The van der Waals surface area contributed by atoms with E-state index in [0.29, 0.717) is 32.4 Å². The minimum atomic E-state index is -0.794. The van der Waals surface area contributed by atoms with Crippen LogP contribution in [0, 0.1) is 0 Å². The Labute approximate surface area is 188 Å². The van der Waals surface area contributed by atoms with Gasteiger partial charge in [0, 0.05) is 31.8 Å². The van der Waals surface area contributed by atoms with Gasteiger partial charge < -0.3 is 20.5 Å². The lowest BCUT2D eigenvalue weighted by Gasteiger charge is -2.14. The Morgan fingerprint density at radius 3 is 2.06 bits per heavy atom. The van der Waals surface area contributed by atoms with Crippen molar-refractivity contribution in [1.82, 2.24) is 10.6 Å². The normalized spacial score (nSPS) is 12.0. The van der Waals surface area contributed by atoms with Gasteiger partial charge in [-0.3, -0.25) is 9.59 Å². The molecule has 7 heteroatoms. The first-order chi connectivity index (χ1) is 15.6. The van der Waals surface area contributed by atoms with Crippen LogP contribution in [0.2, 0.25) is 0 Å². The maximum atomic E-state index is 12.1. The number of hydrogen-bond donors (Lipinski definition) is 3. The number of amides is 2. The van der Waals surface area contributed by atoms with Crippen LogP contribution >= 0.6 is 0 Å². The van der Waals surface area contributed by atoms with Gasteiger partial charge in [0.15, 0.2) is 0 Å². The lowest BCUT2D eigenvalue weighted by atomic mass is 9.98. The molecule has 0 spiro atoms. The second kappa shape index (κ2) is 11.9. The molecule has 1 aliphatic carbocycles. The third-order valence-electron chi connectivity index (χ3n) is 5.58. The maximum absolute atomic E-state index is 12.1. The molecule has 0 aromatic heterocycles. The monoisotopic (exact) mass is 438 g/mol. The van der Waals surface area contributed by atoms with E-state index < -0.39 is 12.1 Å². The molecular formula is C25H30N2O5. The second-order valence-electron chi connectivity index (χ2n) is 7.91. The van der Waals surface area contributed by atoms with Crippen molar-refractivity contribution in [2.45, 2.75) is 44.4 Å². The van der Waals surface area contributed by atoms with Gasteiger partial charge in [-0.2, -0.15) is 0 Å². The lowest BCUT2D eigenvalue weighted by Crippen LogP contribution is -2.29. The fourth-order valence-electron chi connectivity index (χ4n) is 3.98. The number of nitrogens with one attached hydrogen (secondary N) is 2. The summed E-state index contributed by atoms with van der Waals surface area (Å²) in [6.07, 6.45) is 2.68. The Morgan fingerprint density at radius 1 is 0.781 bits per heavy atom. The SMILES string of the molecule is O=C(O)CCCCCNC(=O)CCCNC(=O)OCC1c2ccccc2-c2ccccc21. The van der Waals surface area contributed by atoms with E-state index in [1.165, 1.54) is 22.3 Å². The molecule has 170 valence electrons. The zero-order valence-corrected chi connectivity index (χ0v) is 18.1. The largest absolute Gasteiger partial charge is 0.481 e. The maximum Gasteiger partial charge on any atom is 0.407 e. The lowest BCUT2D eigenvalue weighted by molar-refractivity contribution is -0.137. The van der Waals surface area contributed by atoms with Gasteiger partial charge in [0.2, 0.25) is 5.91 Å². The Kier molecular flexibility index (Phi) is 8.66. The summed E-state index contributed by atoms with van der Waals surface area (Å²) >= 11 is 0. The van der Waals surface area contributed by atoms with Gasteiger partial charge in [-0.25, -0.2) is 4.79 Å². The van der Waals surface area contributed by atoms with E-state index in [9.17, 15) is 14.4 Å². The van der Waals surface area contributed by atoms with Crippen molar-refractivity contribution in [3.63, 3.8) is 0 Å². The fourth-order valence-corrected chi connectivity index (χ4v) is 3.98. The molecule has 0 fully saturated rings. The first kappa shape index (κ1) is 23.3. The molecule has 0 aliphatic heterocycles. The molecule has 0 atom stereocenters. The minimum absolute atomic E-state index is 0.0226. The molecule has 2 aromatic carbocycles. The van der Waals surface area contributed by atoms with Crippen LogP contribution in [0.25, 0.3) is 11.1 Å². The Morgan fingerprint density at radius 2 is 1.41 bits per heavy atom. The van der Waals surface area contributed by atoms with E-state index in [2.05, 4.69) is 34.9 Å². The van der Waals surface area contributed by atoms with E-state index in [-0.39, 0.29) is 24.9 Å². The molecule has 7 nitrogen and oxygen atoms in total. The van der Waals surface area contributed by atoms with E-state index in [0.717, 1.165) is 12.8 Å². The molecule has 0 radical (unpaired) electrons. The molecule has 1 aliphatic rings. The standard InChI is InChI=1S/C25H30N2O5/c28-23(26-15-7-1-2-14-24(29)30)13-8-16-27-25(31)32-17-22-20-11-5-3-9-18(20)19-10-4-6-12-21(19)22/h3-6,9-12,22H,1-2,7-8,13-17H2,(H,26,28)(H,27,31)(H,29,30). The van der Waals surface area contributed by atoms with Crippen molar-refractivity contribution >= 4 is 18.0 Å². The topological polar surface area (TPSA) is 105 Å². The molecule has 32 heavy (non-hydrogen) atoms. The number of unbranched alkanes of at least 4 members (excludes halogenated alkanes) is 2. The van der Waals surface area contributed by atoms with Crippen LogP contribution < -0.4 is 10.6 Å². The number of fused-ring (bicyclic) bond motifs is 3. The number of carbonyl (C=O) groups excluding carboxylic acids is 2. The highest BCUT2D eigenvalue weighted by molar-refractivity contribution is 5.79. The third-order valence-corrected chi connectivity index (χ3v) is 5.58. The summed E-state index contributed by atoms with van der Waals surface area (Å²) in [6, 6.07) is 16.4. The van der Waals surface area contributed by atoms with Crippen LogP contribution in [0.4, 0.5) is 4.79 Å². The molecule has 3 rings (SSSR count). The number of rotatable bonds is 12. The van der Waals surface area contributed by atoms with E-state index in [1.807, 2.05) is 24.3 Å². The predicted octanol–water partition coefficient (Wildman–Crippen LogP) is 4.07. The molecular weight excluding hydrogens is 408 g/mol. The summed E-state index contributed by atoms with van der Waals surface area (Å²) in [5, 5.41) is 14.1. The molecule has 3 N–H and O–H groups in total. The quantitative estimate of drug-likeness (QED) is 0.433. The number of aliphatic carboxylic acids is 1. The van der Waals surface area contributed by atoms with Crippen LogP contribution in [-0.2, 0) is 14.3 Å². The van der Waals surface area contributed by atoms with Crippen LogP contribution in [0.3, 0.4) is 0 Å². The van der Waals surface area contributed by atoms with E-state index in [1.54, 1.807) is 0 Å². The van der Waals surface area contributed by atoms with Crippen LogP contribution in [0.5, 0.6) is 0 Å². The van der Waals surface area contributed by atoms with Gasteiger partial charge in [-0.15, -0.1) is 0 Å². The van der Waals surface area contributed by atoms with Gasteiger partial charge in [0.25, 0.3) is 0 Å². The zero-order valence-electron chi connectivity index (χ0n) is 18.1. The zero-order chi connectivity index (χ0) is 22.8. The van der Waals surface area contributed by atoms with E-state index >= 15 is 0 Å². The number of benzene rings is 2. The summed E-state index contributed by atoms with van der Waals surface area (Å²) in [7, 11) is 0. The molecule has 0 saturated heterocycles. The smallest absolute Gasteiger partial charge is 0.407 e. The van der Waals surface area contributed by atoms with Crippen molar-refractivity contribution in [3.8, 4) is 11.1 Å². The highest BCUT2D eigenvalue weighted by atomic mass is 16.5. The highest BCUT2D eigenvalue weighted by Crippen LogP contribution is 2.44. The van der Waals surface area contributed by atoms with Crippen molar-refractivity contribution in [2.75, 3.05) is 19.7 Å².